The average Bonchev–Trinajstić information content (AvgIpc) is 2.70. The number of piperidine rings is 1. The SMILES string of the molecule is CC(=O)Nc1ccc(Cl)c(C(=O)N2CCN(CC(=O)N3CCCCC3)CC2)c1. The summed E-state index contributed by atoms with van der Waals surface area (Å²) in [4.78, 5) is 42.3. The largest absolute Gasteiger partial charge is 0.342 e. The van der Waals surface area contributed by atoms with Gasteiger partial charge in [0.15, 0.2) is 0 Å². The molecule has 0 saturated carbocycles. The van der Waals surface area contributed by atoms with E-state index >= 15 is 0 Å². The summed E-state index contributed by atoms with van der Waals surface area (Å²) in [5, 5.41) is 3.03. The van der Waals surface area contributed by atoms with Crippen molar-refractivity contribution in [3.63, 3.8) is 0 Å². The summed E-state index contributed by atoms with van der Waals surface area (Å²) in [5.74, 6) is -0.169. The van der Waals surface area contributed by atoms with Gasteiger partial charge in [0.1, 0.15) is 0 Å². The summed E-state index contributed by atoms with van der Waals surface area (Å²) in [5.41, 5.74) is 0.928. The van der Waals surface area contributed by atoms with E-state index in [-0.39, 0.29) is 17.7 Å². The van der Waals surface area contributed by atoms with Gasteiger partial charge in [-0.3, -0.25) is 19.3 Å². The normalized spacial score (nSPS) is 18.1. The van der Waals surface area contributed by atoms with Gasteiger partial charge in [-0.25, -0.2) is 0 Å². The van der Waals surface area contributed by atoms with Gasteiger partial charge >= 0.3 is 0 Å². The molecular formula is C20H27ClN4O3. The molecule has 0 unspecified atom stereocenters. The number of amides is 3. The van der Waals surface area contributed by atoms with E-state index in [0.717, 1.165) is 25.9 Å². The van der Waals surface area contributed by atoms with Crippen LogP contribution in [0.3, 0.4) is 0 Å². The van der Waals surface area contributed by atoms with E-state index in [1.165, 1.54) is 13.3 Å². The second-order valence-corrected chi connectivity index (χ2v) is 7.79. The Kier molecular flexibility index (Phi) is 6.91. The van der Waals surface area contributed by atoms with Gasteiger partial charge < -0.3 is 15.1 Å². The van der Waals surface area contributed by atoms with Crippen molar-refractivity contribution >= 4 is 35.0 Å². The van der Waals surface area contributed by atoms with Crippen LogP contribution in [0.15, 0.2) is 18.2 Å². The number of anilines is 1. The van der Waals surface area contributed by atoms with Crippen LogP contribution in [-0.4, -0.2) is 78.2 Å². The molecule has 152 valence electrons. The molecule has 1 aromatic carbocycles. The van der Waals surface area contributed by atoms with Crippen LogP contribution < -0.4 is 5.32 Å². The van der Waals surface area contributed by atoms with E-state index in [9.17, 15) is 14.4 Å². The van der Waals surface area contributed by atoms with E-state index in [2.05, 4.69) is 10.2 Å². The number of nitrogens with one attached hydrogen (secondary N) is 1. The number of carbonyl (C=O) groups excluding carboxylic acids is 3. The predicted octanol–water partition coefficient (Wildman–Crippen LogP) is 2.07. The van der Waals surface area contributed by atoms with Crippen LogP contribution in [0.2, 0.25) is 5.02 Å². The molecule has 0 spiro atoms. The van der Waals surface area contributed by atoms with Crippen molar-refractivity contribution in [2.75, 3.05) is 51.1 Å². The lowest BCUT2D eigenvalue weighted by atomic mass is 10.1. The number of hydrogen-bond donors (Lipinski definition) is 1. The molecule has 0 atom stereocenters. The zero-order chi connectivity index (χ0) is 20.1. The van der Waals surface area contributed by atoms with Gasteiger partial charge in [0.25, 0.3) is 5.91 Å². The van der Waals surface area contributed by atoms with Crippen LogP contribution in [0.25, 0.3) is 0 Å². The first-order valence-corrected chi connectivity index (χ1v) is 10.2. The van der Waals surface area contributed by atoms with Crippen molar-refractivity contribution in [2.45, 2.75) is 26.2 Å². The summed E-state index contributed by atoms with van der Waals surface area (Å²) in [7, 11) is 0. The minimum absolute atomic E-state index is 0.154. The Bertz CT molecular complexity index is 741. The smallest absolute Gasteiger partial charge is 0.255 e. The molecule has 3 rings (SSSR count). The third kappa shape index (κ3) is 5.23. The molecule has 2 aliphatic heterocycles. The zero-order valence-electron chi connectivity index (χ0n) is 16.2. The highest BCUT2D eigenvalue weighted by Gasteiger charge is 2.26. The van der Waals surface area contributed by atoms with E-state index in [1.54, 1.807) is 23.1 Å². The Morgan fingerprint density at radius 1 is 0.964 bits per heavy atom. The molecule has 1 N–H and O–H groups in total. The van der Waals surface area contributed by atoms with Crippen LogP contribution in [-0.2, 0) is 9.59 Å². The maximum absolute atomic E-state index is 12.9. The molecular weight excluding hydrogens is 380 g/mol. The standard InChI is InChI=1S/C20H27ClN4O3/c1-15(26)22-16-5-6-18(21)17(13-16)20(28)25-11-9-23(10-12-25)14-19(27)24-7-3-2-4-8-24/h5-6,13H,2-4,7-12,14H2,1H3,(H,22,26). The first kappa shape index (κ1) is 20.6. The maximum Gasteiger partial charge on any atom is 0.255 e. The molecule has 1 aromatic rings. The van der Waals surface area contributed by atoms with Crippen LogP contribution in [0.4, 0.5) is 5.69 Å². The van der Waals surface area contributed by atoms with Gasteiger partial charge in [0.2, 0.25) is 11.8 Å². The van der Waals surface area contributed by atoms with E-state index in [4.69, 9.17) is 11.6 Å². The summed E-state index contributed by atoms with van der Waals surface area (Å²) in [6.45, 7) is 5.98. The molecule has 0 bridgehead atoms. The molecule has 0 aromatic heterocycles. The lowest BCUT2D eigenvalue weighted by Crippen LogP contribution is -2.52. The van der Waals surface area contributed by atoms with Crippen molar-refractivity contribution in [2.24, 2.45) is 0 Å². The highest BCUT2D eigenvalue weighted by molar-refractivity contribution is 6.34. The molecule has 2 saturated heterocycles. The molecule has 0 aliphatic carbocycles. The van der Waals surface area contributed by atoms with E-state index < -0.39 is 0 Å². The molecule has 3 amide bonds. The molecule has 28 heavy (non-hydrogen) atoms. The minimum Gasteiger partial charge on any atom is -0.342 e. The molecule has 0 radical (unpaired) electrons. The van der Waals surface area contributed by atoms with Crippen molar-refractivity contribution in [1.29, 1.82) is 0 Å². The number of rotatable bonds is 4. The van der Waals surface area contributed by atoms with E-state index in [1.807, 2.05) is 4.90 Å². The number of nitrogens with zero attached hydrogens (tertiary/aromatic N) is 3. The Labute approximate surface area is 170 Å². The first-order valence-electron chi connectivity index (χ1n) is 9.80. The van der Waals surface area contributed by atoms with Gasteiger partial charge in [0.05, 0.1) is 17.1 Å². The van der Waals surface area contributed by atoms with Crippen molar-refractivity contribution in [3.05, 3.63) is 28.8 Å². The van der Waals surface area contributed by atoms with Gasteiger partial charge in [-0.1, -0.05) is 11.6 Å². The average molecular weight is 407 g/mol. The molecule has 2 aliphatic rings. The number of likely N-dealkylation sites (tertiary alicyclic amines) is 1. The van der Waals surface area contributed by atoms with Crippen LogP contribution in [0.5, 0.6) is 0 Å². The quantitative estimate of drug-likeness (QED) is 0.830. The van der Waals surface area contributed by atoms with Gasteiger partial charge in [0, 0.05) is 51.9 Å². The number of halogens is 1. The van der Waals surface area contributed by atoms with Crippen molar-refractivity contribution in [3.8, 4) is 0 Å². The topological polar surface area (TPSA) is 73.0 Å². The van der Waals surface area contributed by atoms with Crippen LogP contribution in [0, 0.1) is 0 Å². The first-order chi connectivity index (χ1) is 13.4. The van der Waals surface area contributed by atoms with Crippen LogP contribution in [0.1, 0.15) is 36.5 Å². The summed E-state index contributed by atoms with van der Waals surface area (Å²) in [6.07, 6.45) is 3.38. The lowest BCUT2D eigenvalue weighted by Gasteiger charge is -2.36. The Hall–Kier alpha value is -2.12. The predicted molar refractivity (Wildman–Crippen MR) is 109 cm³/mol. The Morgan fingerprint density at radius 2 is 1.64 bits per heavy atom. The summed E-state index contributed by atoms with van der Waals surface area (Å²) < 4.78 is 0. The van der Waals surface area contributed by atoms with Crippen molar-refractivity contribution in [1.82, 2.24) is 14.7 Å². The number of piperazine rings is 1. The second kappa shape index (κ2) is 9.39. The highest BCUT2D eigenvalue weighted by atomic mass is 35.5. The van der Waals surface area contributed by atoms with Crippen LogP contribution >= 0.6 is 11.6 Å². The third-order valence-electron chi connectivity index (χ3n) is 5.24. The highest BCUT2D eigenvalue weighted by Crippen LogP contribution is 2.23. The van der Waals surface area contributed by atoms with E-state index in [0.29, 0.717) is 49.0 Å². The number of carbonyl (C=O) groups is 3. The fraction of sp³-hybridized carbons (Fsp3) is 0.550. The number of benzene rings is 1. The number of hydrogen-bond acceptors (Lipinski definition) is 4. The molecule has 2 heterocycles. The molecule has 2 fully saturated rings. The minimum atomic E-state index is -0.201. The maximum atomic E-state index is 12.9. The summed E-state index contributed by atoms with van der Waals surface area (Å²) in [6, 6.07) is 4.90. The van der Waals surface area contributed by atoms with Gasteiger partial charge in [-0.2, -0.15) is 0 Å². The van der Waals surface area contributed by atoms with Gasteiger partial charge in [-0.15, -0.1) is 0 Å². The second-order valence-electron chi connectivity index (χ2n) is 7.39. The van der Waals surface area contributed by atoms with Gasteiger partial charge in [-0.05, 0) is 37.5 Å². The monoisotopic (exact) mass is 406 g/mol. The summed E-state index contributed by atoms with van der Waals surface area (Å²) >= 11 is 6.21. The fourth-order valence-electron chi connectivity index (χ4n) is 3.68. The Morgan fingerprint density at radius 3 is 2.29 bits per heavy atom. The fourth-order valence-corrected chi connectivity index (χ4v) is 3.88. The molecule has 7 nitrogen and oxygen atoms in total. The molecule has 8 heteroatoms. The lowest BCUT2D eigenvalue weighted by molar-refractivity contribution is -0.133. The zero-order valence-corrected chi connectivity index (χ0v) is 17.0. The van der Waals surface area contributed by atoms with Crippen molar-refractivity contribution < 1.29 is 14.4 Å². The Balaban J connectivity index is 1.55. The third-order valence-corrected chi connectivity index (χ3v) is 5.57.